The summed E-state index contributed by atoms with van der Waals surface area (Å²) in [6, 6.07) is 6.94. The number of alkyl halides is 3. The van der Waals surface area contributed by atoms with Gasteiger partial charge in [-0.1, -0.05) is 19.1 Å². The summed E-state index contributed by atoms with van der Waals surface area (Å²) in [4.78, 5) is 7.61. The number of benzene rings is 1. The van der Waals surface area contributed by atoms with Crippen molar-refractivity contribution in [1.82, 2.24) is 9.97 Å². The molecule has 0 amide bonds. The molecular formula is C16H18F3N3O2. The van der Waals surface area contributed by atoms with Crippen molar-refractivity contribution in [2.45, 2.75) is 32.5 Å². The molecule has 0 spiro atoms. The summed E-state index contributed by atoms with van der Waals surface area (Å²) >= 11 is 0. The molecule has 5 nitrogen and oxygen atoms in total. The number of halogens is 3. The predicted octanol–water partition coefficient (Wildman–Crippen LogP) is 4.42. The summed E-state index contributed by atoms with van der Waals surface area (Å²) in [5.74, 6) is 0.0143. The van der Waals surface area contributed by atoms with Gasteiger partial charge < -0.3 is 14.8 Å². The first kappa shape index (κ1) is 17.8. The second kappa shape index (κ2) is 7.37. The van der Waals surface area contributed by atoms with Crippen molar-refractivity contribution in [2.24, 2.45) is 0 Å². The van der Waals surface area contributed by atoms with E-state index in [1.54, 1.807) is 31.2 Å². The third-order valence-electron chi connectivity index (χ3n) is 3.30. The first-order valence-electron chi connectivity index (χ1n) is 7.36. The first-order chi connectivity index (χ1) is 11.3. The van der Waals surface area contributed by atoms with Crippen LogP contribution in [0.15, 0.2) is 30.5 Å². The summed E-state index contributed by atoms with van der Waals surface area (Å²) in [5, 5.41) is 2.84. The maximum atomic E-state index is 13.1. The monoisotopic (exact) mass is 341 g/mol. The number of nitrogens with zero attached hydrogens (tertiary/aromatic N) is 2. The summed E-state index contributed by atoms with van der Waals surface area (Å²) in [7, 11) is 1.49. The van der Waals surface area contributed by atoms with Crippen LogP contribution in [0.2, 0.25) is 0 Å². The second-order valence-corrected chi connectivity index (χ2v) is 5.07. The number of nitrogens with one attached hydrogen (secondary N) is 1. The third-order valence-corrected chi connectivity index (χ3v) is 3.30. The Balaban J connectivity index is 2.36. The van der Waals surface area contributed by atoms with E-state index < -0.39 is 23.7 Å². The van der Waals surface area contributed by atoms with Crippen LogP contribution < -0.4 is 14.8 Å². The predicted molar refractivity (Wildman–Crippen MR) is 83.7 cm³/mol. The van der Waals surface area contributed by atoms with Crippen LogP contribution in [0.3, 0.4) is 0 Å². The van der Waals surface area contributed by atoms with Crippen LogP contribution in [0.1, 0.15) is 25.8 Å². The van der Waals surface area contributed by atoms with E-state index in [-0.39, 0.29) is 5.95 Å². The van der Waals surface area contributed by atoms with Crippen LogP contribution in [0.25, 0.3) is 0 Å². The zero-order valence-electron chi connectivity index (χ0n) is 13.5. The molecule has 1 aromatic carbocycles. The SMILES string of the molecule is CCC(C)Oc1nc(Nc2ccccc2OC)ncc1C(F)(F)F. The van der Waals surface area contributed by atoms with Gasteiger partial charge in [-0.05, 0) is 25.5 Å². The minimum Gasteiger partial charge on any atom is -0.495 e. The van der Waals surface area contributed by atoms with Crippen LogP contribution in [-0.2, 0) is 6.18 Å². The van der Waals surface area contributed by atoms with Gasteiger partial charge in [0.1, 0.15) is 11.3 Å². The van der Waals surface area contributed by atoms with Crippen LogP contribution in [0.4, 0.5) is 24.8 Å². The van der Waals surface area contributed by atoms with Gasteiger partial charge in [0.15, 0.2) is 0 Å². The van der Waals surface area contributed by atoms with Gasteiger partial charge in [0, 0.05) is 6.20 Å². The molecule has 0 saturated heterocycles. The molecule has 130 valence electrons. The maximum absolute atomic E-state index is 13.1. The zero-order chi connectivity index (χ0) is 17.7. The van der Waals surface area contributed by atoms with E-state index in [4.69, 9.17) is 9.47 Å². The fourth-order valence-electron chi connectivity index (χ4n) is 1.85. The molecule has 0 aliphatic rings. The lowest BCUT2D eigenvalue weighted by molar-refractivity contribution is -0.139. The minimum atomic E-state index is -4.59. The number of ether oxygens (including phenoxy) is 2. The van der Waals surface area contributed by atoms with Crippen molar-refractivity contribution in [3.63, 3.8) is 0 Å². The average Bonchev–Trinajstić information content (AvgIpc) is 2.54. The first-order valence-corrected chi connectivity index (χ1v) is 7.36. The lowest BCUT2D eigenvalue weighted by Gasteiger charge is -2.17. The highest BCUT2D eigenvalue weighted by Crippen LogP contribution is 2.36. The van der Waals surface area contributed by atoms with Crippen molar-refractivity contribution in [3.05, 3.63) is 36.0 Å². The molecular weight excluding hydrogens is 323 g/mol. The van der Waals surface area contributed by atoms with Crippen molar-refractivity contribution >= 4 is 11.6 Å². The summed E-state index contributed by atoms with van der Waals surface area (Å²) in [6.45, 7) is 3.49. The highest BCUT2D eigenvalue weighted by molar-refractivity contribution is 5.62. The Bertz CT molecular complexity index is 693. The lowest BCUT2D eigenvalue weighted by Crippen LogP contribution is -2.17. The minimum absolute atomic E-state index is 0.00852. The number of methoxy groups -OCH3 is 1. The molecule has 1 unspecified atom stereocenters. The third kappa shape index (κ3) is 4.27. The zero-order valence-corrected chi connectivity index (χ0v) is 13.5. The molecule has 24 heavy (non-hydrogen) atoms. The molecule has 8 heteroatoms. The molecule has 1 aromatic heterocycles. The van der Waals surface area contributed by atoms with Gasteiger partial charge in [-0.15, -0.1) is 0 Å². The smallest absolute Gasteiger partial charge is 0.423 e. The molecule has 0 aliphatic carbocycles. The molecule has 0 aliphatic heterocycles. The fraction of sp³-hybridized carbons (Fsp3) is 0.375. The Morgan fingerprint density at radius 1 is 1.25 bits per heavy atom. The van der Waals surface area contributed by atoms with E-state index in [9.17, 15) is 13.2 Å². The number of rotatable bonds is 6. The van der Waals surface area contributed by atoms with Crippen LogP contribution in [0, 0.1) is 0 Å². The van der Waals surface area contributed by atoms with Gasteiger partial charge >= 0.3 is 6.18 Å². The van der Waals surface area contributed by atoms with Crippen molar-refractivity contribution in [1.29, 1.82) is 0 Å². The second-order valence-electron chi connectivity index (χ2n) is 5.07. The summed E-state index contributed by atoms with van der Waals surface area (Å²) in [6.07, 6.45) is -3.73. The number of anilines is 2. The highest BCUT2D eigenvalue weighted by Gasteiger charge is 2.36. The van der Waals surface area contributed by atoms with Crippen LogP contribution >= 0.6 is 0 Å². The Morgan fingerprint density at radius 2 is 1.96 bits per heavy atom. The number of hydrogen-bond acceptors (Lipinski definition) is 5. The van der Waals surface area contributed by atoms with Crippen molar-refractivity contribution in [2.75, 3.05) is 12.4 Å². The number of para-hydroxylation sites is 2. The lowest BCUT2D eigenvalue weighted by atomic mass is 10.3. The van der Waals surface area contributed by atoms with Gasteiger partial charge in [-0.25, -0.2) is 4.98 Å². The van der Waals surface area contributed by atoms with Gasteiger partial charge in [-0.2, -0.15) is 18.2 Å². The van der Waals surface area contributed by atoms with Gasteiger partial charge in [-0.3, -0.25) is 0 Å². The van der Waals surface area contributed by atoms with E-state index >= 15 is 0 Å². The number of hydrogen-bond donors (Lipinski definition) is 1. The molecule has 2 aromatic rings. The molecule has 0 radical (unpaired) electrons. The van der Waals surface area contributed by atoms with E-state index in [0.717, 1.165) is 0 Å². The Kier molecular flexibility index (Phi) is 5.48. The normalized spacial score (nSPS) is 12.6. The number of aromatic nitrogens is 2. The van der Waals surface area contributed by atoms with E-state index in [0.29, 0.717) is 24.1 Å². The summed E-state index contributed by atoms with van der Waals surface area (Å²) in [5.41, 5.74) is -0.470. The Hall–Kier alpha value is -2.51. The van der Waals surface area contributed by atoms with E-state index in [1.807, 2.05) is 6.92 Å². The van der Waals surface area contributed by atoms with E-state index in [2.05, 4.69) is 15.3 Å². The van der Waals surface area contributed by atoms with Crippen molar-refractivity contribution < 1.29 is 22.6 Å². The molecule has 2 rings (SSSR count). The topological polar surface area (TPSA) is 56.3 Å². The van der Waals surface area contributed by atoms with Gasteiger partial charge in [0.25, 0.3) is 0 Å². The van der Waals surface area contributed by atoms with Crippen LogP contribution in [0.5, 0.6) is 11.6 Å². The Labute approximate surface area is 137 Å². The highest BCUT2D eigenvalue weighted by atomic mass is 19.4. The molecule has 0 fully saturated rings. The van der Waals surface area contributed by atoms with Gasteiger partial charge in [0.05, 0.1) is 18.9 Å². The fourth-order valence-corrected chi connectivity index (χ4v) is 1.85. The van der Waals surface area contributed by atoms with E-state index in [1.165, 1.54) is 7.11 Å². The largest absolute Gasteiger partial charge is 0.495 e. The molecule has 0 bridgehead atoms. The quantitative estimate of drug-likeness (QED) is 0.843. The Morgan fingerprint density at radius 3 is 2.58 bits per heavy atom. The van der Waals surface area contributed by atoms with Gasteiger partial charge in [0.2, 0.25) is 11.8 Å². The maximum Gasteiger partial charge on any atom is 0.423 e. The molecule has 1 heterocycles. The summed E-state index contributed by atoms with van der Waals surface area (Å²) < 4.78 is 49.7. The van der Waals surface area contributed by atoms with Crippen molar-refractivity contribution in [3.8, 4) is 11.6 Å². The molecule has 0 saturated carbocycles. The standard InChI is InChI=1S/C16H18F3N3O2/c1-4-10(2)24-14-11(16(17,18)19)9-20-15(22-14)21-12-7-5-6-8-13(12)23-3/h5-10H,4H2,1-3H3,(H,20,21,22). The molecule has 1 atom stereocenters. The van der Waals surface area contributed by atoms with Crippen LogP contribution in [-0.4, -0.2) is 23.2 Å². The molecule has 1 N–H and O–H groups in total. The average molecular weight is 341 g/mol.